The van der Waals surface area contributed by atoms with Crippen LogP contribution in [0.3, 0.4) is 0 Å². The molecule has 0 unspecified atom stereocenters. The molecule has 0 bridgehead atoms. The highest BCUT2D eigenvalue weighted by atomic mass is 16.5. The van der Waals surface area contributed by atoms with Gasteiger partial charge in [0.05, 0.1) is 17.6 Å². The molecule has 0 atom stereocenters. The molecule has 0 amide bonds. The van der Waals surface area contributed by atoms with Crippen molar-refractivity contribution < 1.29 is 4.74 Å². The van der Waals surface area contributed by atoms with Crippen molar-refractivity contribution in [1.29, 1.82) is 0 Å². The van der Waals surface area contributed by atoms with E-state index < -0.39 is 0 Å². The lowest BCUT2D eigenvalue weighted by molar-refractivity contribution is 0.328. The quantitative estimate of drug-likeness (QED) is 0.413. The normalized spacial score (nSPS) is 11.3. The fourth-order valence-electron chi connectivity index (χ4n) is 2.52. The summed E-state index contributed by atoms with van der Waals surface area (Å²) in [5.74, 6) is 0.595. The third-order valence-corrected chi connectivity index (χ3v) is 3.48. The van der Waals surface area contributed by atoms with Gasteiger partial charge in [0, 0.05) is 28.4 Å². The third-order valence-electron chi connectivity index (χ3n) is 3.48. The molecule has 0 N–H and O–H groups in total. The van der Waals surface area contributed by atoms with Crippen molar-refractivity contribution in [2.24, 2.45) is 0 Å². The fourth-order valence-corrected chi connectivity index (χ4v) is 2.52. The summed E-state index contributed by atoms with van der Waals surface area (Å²) in [6, 6.07) is 14.0. The predicted octanol–water partition coefficient (Wildman–Crippen LogP) is 3.73. The molecule has 102 valence electrons. The molecule has 0 saturated heterocycles. The number of ether oxygens (including phenoxy) is 1. The summed E-state index contributed by atoms with van der Waals surface area (Å²) in [6.07, 6.45) is 1.82. The molecule has 4 aromatic rings. The van der Waals surface area contributed by atoms with Crippen LogP contribution >= 0.6 is 0 Å². The van der Waals surface area contributed by atoms with Crippen LogP contribution < -0.4 is 4.74 Å². The molecule has 0 aliphatic rings. The summed E-state index contributed by atoms with van der Waals surface area (Å²) in [7, 11) is 0. The number of aromatic nitrogens is 3. The average Bonchev–Trinajstić information content (AvgIpc) is 2.53. The van der Waals surface area contributed by atoms with E-state index in [0.29, 0.717) is 18.1 Å². The molecule has 4 rings (SSSR count). The Morgan fingerprint density at radius 1 is 1.00 bits per heavy atom. The number of nitrogens with zero attached hydrogens (tertiary/aromatic N) is 3. The molecule has 1 aromatic carbocycles. The first kappa shape index (κ1) is 12.0. The van der Waals surface area contributed by atoms with E-state index in [-0.39, 0.29) is 0 Å². The molecule has 3 aromatic heterocycles. The molecule has 4 heteroatoms. The molecule has 21 heavy (non-hydrogen) atoms. The predicted molar refractivity (Wildman–Crippen MR) is 83.5 cm³/mol. The molecular weight excluding hydrogens is 262 g/mol. The van der Waals surface area contributed by atoms with Gasteiger partial charge in [-0.3, -0.25) is 0 Å². The molecule has 3 heterocycles. The number of pyridine rings is 3. The van der Waals surface area contributed by atoms with Crippen molar-refractivity contribution in [2.45, 2.75) is 6.92 Å². The molecule has 0 radical (unpaired) electrons. The summed E-state index contributed by atoms with van der Waals surface area (Å²) in [5, 5.41) is 3.08. The van der Waals surface area contributed by atoms with Crippen LogP contribution in [0.15, 0.2) is 48.7 Å². The van der Waals surface area contributed by atoms with Gasteiger partial charge >= 0.3 is 0 Å². The number of hydrogen-bond donors (Lipinski definition) is 0. The van der Waals surface area contributed by atoms with Gasteiger partial charge in [0.15, 0.2) is 5.65 Å². The van der Waals surface area contributed by atoms with Gasteiger partial charge in [-0.15, -0.1) is 0 Å². The minimum Gasteiger partial charge on any atom is -0.478 e. The first-order chi connectivity index (χ1) is 10.3. The van der Waals surface area contributed by atoms with Gasteiger partial charge in [-0.25, -0.2) is 9.97 Å². The van der Waals surface area contributed by atoms with Crippen LogP contribution in [-0.4, -0.2) is 21.6 Å². The Bertz CT molecular complexity index is 966. The van der Waals surface area contributed by atoms with Crippen molar-refractivity contribution in [3.8, 4) is 5.88 Å². The standard InChI is InChI=1S/C17H13N3O/c1-2-21-15-8-7-13-16-12(10-18-17(13)20-15)9-11-5-3-4-6-14(11)19-16/h3-10H,2H2,1H3. The SMILES string of the molecule is CCOc1ccc2c(ncc3cc4ccccc4nc32)n1. The number of benzene rings is 1. The molecule has 0 aliphatic heterocycles. The summed E-state index contributed by atoms with van der Waals surface area (Å²) in [4.78, 5) is 13.6. The smallest absolute Gasteiger partial charge is 0.215 e. The highest BCUT2D eigenvalue weighted by Crippen LogP contribution is 2.25. The number of para-hydroxylation sites is 1. The Hall–Kier alpha value is -2.75. The van der Waals surface area contributed by atoms with Gasteiger partial charge in [0.2, 0.25) is 5.88 Å². The van der Waals surface area contributed by atoms with E-state index in [0.717, 1.165) is 27.2 Å². The number of rotatable bonds is 2. The third kappa shape index (κ3) is 1.96. The van der Waals surface area contributed by atoms with E-state index in [1.165, 1.54) is 0 Å². The number of hydrogen-bond acceptors (Lipinski definition) is 4. The van der Waals surface area contributed by atoms with Crippen LogP contribution in [-0.2, 0) is 0 Å². The molecule has 4 nitrogen and oxygen atoms in total. The van der Waals surface area contributed by atoms with E-state index in [1.54, 1.807) is 0 Å². The van der Waals surface area contributed by atoms with Crippen LogP contribution in [0.5, 0.6) is 5.88 Å². The van der Waals surface area contributed by atoms with Crippen LogP contribution in [0.25, 0.3) is 32.8 Å². The van der Waals surface area contributed by atoms with Crippen LogP contribution in [0.1, 0.15) is 6.92 Å². The first-order valence-electron chi connectivity index (χ1n) is 6.93. The van der Waals surface area contributed by atoms with Crippen LogP contribution in [0, 0.1) is 0 Å². The molecular formula is C17H13N3O. The highest BCUT2D eigenvalue weighted by Gasteiger charge is 2.07. The number of fused-ring (bicyclic) bond motifs is 4. The zero-order valence-corrected chi connectivity index (χ0v) is 11.6. The van der Waals surface area contributed by atoms with Gasteiger partial charge in [0.1, 0.15) is 0 Å². The summed E-state index contributed by atoms with van der Waals surface area (Å²) in [6.45, 7) is 2.53. The van der Waals surface area contributed by atoms with Crippen molar-refractivity contribution in [3.05, 3.63) is 48.7 Å². The summed E-state index contributed by atoms with van der Waals surface area (Å²) < 4.78 is 5.42. The maximum absolute atomic E-state index is 5.42. The lowest BCUT2D eigenvalue weighted by Gasteiger charge is -2.06. The van der Waals surface area contributed by atoms with Gasteiger partial charge < -0.3 is 4.74 Å². The first-order valence-corrected chi connectivity index (χ1v) is 6.93. The van der Waals surface area contributed by atoms with Crippen LogP contribution in [0.2, 0.25) is 0 Å². The van der Waals surface area contributed by atoms with Crippen molar-refractivity contribution in [1.82, 2.24) is 15.0 Å². The van der Waals surface area contributed by atoms with Gasteiger partial charge in [0.25, 0.3) is 0 Å². The maximum Gasteiger partial charge on any atom is 0.215 e. The maximum atomic E-state index is 5.42. The van der Waals surface area contributed by atoms with Crippen LogP contribution in [0.4, 0.5) is 0 Å². The van der Waals surface area contributed by atoms with Crippen molar-refractivity contribution >= 4 is 32.8 Å². The molecule has 0 spiro atoms. The van der Waals surface area contributed by atoms with E-state index >= 15 is 0 Å². The highest BCUT2D eigenvalue weighted by molar-refractivity contribution is 6.05. The van der Waals surface area contributed by atoms with Crippen molar-refractivity contribution in [2.75, 3.05) is 6.61 Å². The Kier molecular flexibility index (Phi) is 2.67. The Morgan fingerprint density at radius 2 is 1.90 bits per heavy atom. The van der Waals surface area contributed by atoms with Crippen molar-refractivity contribution in [3.63, 3.8) is 0 Å². The second kappa shape index (κ2) is 4.66. The average molecular weight is 275 g/mol. The zero-order valence-electron chi connectivity index (χ0n) is 11.6. The molecule has 0 saturated carbocycles. The van der Waals surface area contributed by atoms with E-state index in [4.69, 9.17) is 9.72 Å². The topological polar surface area (TPSA) is 47.9 Å². The lowest BCUT2D eigenvalue weighted by Crippen LogP contribution is -1.96. The van der Waals surface area contributed by atoms with E-state index in [2.05, 4.69) is 22.1 Å². The summed E-state index contributed by atoms with van der Waals surface area (Å²) in [5.41, 5.74) is 2.57. The Morgan fingerprint density at radius 3 is 2.81 bits per heavy atom. The minimum absolute atomic E-state index is 0.592. The van der Waals surface area contributed by atoms with E-state index in [9.17, 15) is 0 Å². The van der Waals surface area contributed by atoms with E-state index in [1.807, 2.05) is 43.5 Å². The Labute approximate surface area is 121 Å². The van der Waals surface area contributed by atoms with Gasteiger partial charge in [-0.2, -0.15) is 4.98 Å². The zero-order chi connectivity index (χ0) is 14.2. The van der Waals surface area contributed by atoms with Gasteiger partial charge in [-0.1, -0.05) is 18.2 Å². The largest absolute Gasteiger partial charge is 0.478 e. The molecule has 0 fully saturated rings. The lowest BCUT2D eigenvalue weighted by atomic mass is 10.1. The second-order valence-electron chi connectivity index (χ2n) is 4.83. The molecule has 0 aliphatic carbocycles. The Balaban J connectivity index is 2.05. The summed E-state index contributed by atoms with van der Waals surface area (Å²) >= 11 is 0. The minimum atomic E-state index is 0.592. The second-order valence-corrected chi connectivity index (χ2v) is 4.83. The van der Waals surface area contributed by atoms with Gasteiger partial charge in [-0.05, 0) is 25.1 Å². The fraction of sp³-hybridized carbons (Fsp3) is 0.118. The monoisotopic (exact) mass is 275 g/mol.